The first-order valence-electron chi connectivity index (χ1n) is 7.19. The van der Waals surface area contributed by atoms with Crippen molar-refractivity contribution in [1.29, 1.82) is 0 Å². The van der Waals surface area contributed by atoms with Crippen LogP contribution < -0.4 is 5.32 Å². The molecule has 4 heteroatoms. The van der Waals surface area contributed by atoms with E-state index < -0.39 is 0 Å². The molecule has 2 heterocycles. The summed E-state index contributed by atoms with van der Waals surface area (Å²) < 4.78 is 14.5. The highest BCUT2D eigenvalue weighted by molar-refractivity contribution is 7.19. The molecule has 1 aromatic carbocycles. The van der Waals surface area contributed by atoms with Crippen LogP contribution in [-0.2, 0) is 6.42 Å². The summed E-state index contributed by atoms with van der Waals surface area (Å²) >= 11 is 3.49. The molecule has 0 aliphatic rings. The Morgan fingerprint density at radius 1 is 1.24 bits per heavy atom. The molecule has 1 N–H and O–H groups in total. The lowest BCUT2D eigenvalue weighted by Crippen LogP contribution is -2.23. The van der Waals surface area contributed by atoms with Gasteiger partial charge in [-0.05, 0) is 71.4 Å². The summed E-state index contributed by atoms with van der Waals surface area (Å²) in [5, 5.41) is 8.94. The highest BCUT2D eigenvalue weighted by Crippen LogP contribution is 2.32. The molecule has 1 atom stereocenters. The number of benzene rings is 1. The minimum absolute atomic E-state index is 0.164. The van der Waals surface area contributed by atoms with Gasteiger partial charge in [-0.1, -0.05) is 6.92 Å². The standard InChI is InChI=1S/C17H18FNS2/c1-2-6-19-15(8-12-5-7-20-11-12)17-10-13-9-14(18)3-4-16(13)21-17/h3-5,7,9-11,15,19H,2,6,8H2,1H3. The number of hydrogen-bond donors (Lipinski definition) is 1. The minimum atomic E-state index is -0.164. The number of halogens is 1. The largest absolute Gasteiger partial charge is 0.309 e. The van der Waals surface area contributed by atoms with Gasteiger partial charge in [-0.15, -0.1) is 11.3 Å². The highest BCUT2D eigenvalue weighted by atomic mass is 32.1. The van der Waals surface area contributed by atoms with Crippen LogP contribution in [0.25, 0.3) is 10.1 Å². The molecule has 0 aliphatic carbocycles. The van der Waals surface area contributed by atoms with Crippen LogP contribution in [0.5, 0.6) is 0 Å². The lowest BCUT2D eigenvalue weighted by atomic mass is 10.1. The summed E-state index contributed by atoms with van der Waals surface area (Å²) in [6.45, 7) is 3.17. The fourth-order valence-corrected chi connectivity index (χ4v) is 4.24. The zero-order chi connectivity index (χ0) is 14.7. The van der Waals surface area contributed by atoms with Gasteiger partial charge in [0.05, 0.1) is 0 Å². The molecule has 0 spiro atoms. The van der Waals surface area contributed by atoms with Crippen molar-refractivity contribution >= 4 is 32.8 Å². The molecule has 0 fully saturated rings. The summed E-state index contributed by atoms with van der Waals surface area (Å²) in [6, 6.07) is 9.65. The second-order valence-corrected chi connectivity index (χ2v) is 7.07. The third-order valence-electron chi connectivity index (χ3n) is 3.50. The molecule has 0 saturated carbocycles. The van der Waals surface area contributed by atoms with Gasteiger partial charge in [0.2, 0.25) is 0 Å². The summed E-state index contributed by atoms with van der Waals surface area (Å²) in [6.07, 6.45) is 2.10. The van der Waals surface area contributed by atoms with Crippen molar-refractivity contribution < 1.29 is 4.39 Å². The highest BCUT2D eigenvalue weighted by Gasteiger charge is 2.15. The van der Waals surface area contributed by atoms with E-state index in [2.05, 4.69) is 35.1 Å². The summed E-state index contributed by atoms with van der Waals surface area (Å²) in [5.74, 6) is -0.164. The van der Waals surface area contributed by atoms with Gasteiger partial charge in [-0.3, -0.25) is 0 Å². The fraction of sp³-hybridized carbons (Fsp3) is 0.294. The fourth-order valence-electron chi connectivity index (χ4n) is 2.44. The number of hydrogen-bond acceptors (Lipinski definition) is 3. The number of fused-ring (bicyclic) bond motifs is 1. The zero-order valence-corrected chi connectivity index (χ0v) is 13.6. The van der Waals surface area contributed by atoms with Crippen LogP contribution >= 0.6 is 22.7 Å². The average Bonchev–Trinajstić information content (AvgIpc) is 3.11. The molecule has 0 bridgehead atoms. The van der Waals surface area contributed by atoms with E-state index in [-0.39, 0.29) is 5.82 Å². The van der Waals surface area contributed by atoms with Crippen molar-refractivity contribution in [2.45, 2.75) is 25.8 Å². The Morgan fingerprint density at radius 2 is 2.14 bits per heavy atom. The predicted molar refractivity (Wildman–Crippen MR) is 90.8 cm³/mol. The quantitative estimate of drug-likeness (QED) is 0.642. The van der Waals surface area contributed by atoms with Crippen LogP contribution in [0, 0.1) is 5.82 Å². The SMILES string of the molecule is CCCNC(Cc1ccsc1)c1cc2cc(F)ccc2s1. The van der Waals surface area contributed by atoms with Crippen LogP contribution in [0.15, 0.2) is 41.1 Å². The molecule has 0 saturated heterocycles. The van der Waals surface area contributed by atoms with Crippen molar-refractivity contribution in [2.24, 2.45) is 0 Å². The van der Waals surface area contributed by atoms with Crippen LogP contribution in [0.4, 0.5) is 4.39 Å². The van der Waals surface area contributed by atoms with E-state index in [0.29, 0.717) is 6.04 Å². The Morgan fingerprint density at radius 3 is 2.90 bits per heavy atom. The Hall–Kier alpha value is -1.23. The first-order chi connectivity index (χ1) is 10.3. The second-order valence-electron chi connectivity index (χ2n) is 5.17. The molecular formula is C17H18FNS2. The van der Waals surface area contributed by atoms with E-state index in [1.54, 1.807) is 28.7 Å². The molecule has 110 valence electrons. The van der Waals surface area contributed by atoms with Gasteiger partial charge in [-0.2, -0.15) is 11.3 Å². The number of nitrogens with one attached hydrogen (secondary N) is 1. The minimum Gasteiger partial charge on any atom is -0.309 e. The van der Waals surface area contributed by atoms with Gasteiger partial charge in [0.25, 0.3) is 0 Å². The maximum atomic E-state index is 13.3. The van der Waals surface area contributed by atoms with Gasteiger partial charge < -0.3 is 5.32 Å². The molecule has 21 heavy (non-hydrogen) atoms. The number of thiophene rings is 2. The van der Waals surface area contributed by atoms with Gasteiger partial charge in [0, 0.05) is 15.6 Å². The normalized spacial score (nSPS) is 12.9. The Kier molecular flexibility index (Phi) is 4.68. The smallest absolute Gasteiger partial charge is 0.123 e. The molecular weight excluding hydrogens is 301 g/mol. The summed E-state index contributed by atoms with van der Waals surface area (Å²) in [5.41, 5.74) is 1.36. The molecule has 0 aliphatic heterocycles. The van der Waals surface area contributed by atoms with E-state index in [9.17, 15) is 4.39 Å². The lowest BCUT2D eigenvalue weighted by Gasteiger charge is -2.16. The predicted octanol–water partition coefficient (Wildman–Crippen LogP) is 5.39. The number of rotatable bonds is 6. The van der Waals surface area contributed by atoms with Crippen LogP contribution in [0.2, 0.25) is 0 Å². The Labute approximate surface area is 132 Å². The second kappa shape index (κ2) is 6.69. The zero-order valence-electron chi connectivity index (χ0n) is 11.9. The third-order valence-corrected chi connectivity index (χ3v) is 5.46. The summed E-state index contributed by atoms with van der Waals surface area (Å²) in [4.78, 5) is 1.29. The maximum Gasteiger partial charge on any atom is 0.123 e. The van der Waals surface area contributed by atoms with Crippen molar-refractivity contribution in [3.63, 3.8) is 0 Å². The Balaban J connectivity index is 1.89. The van der Waals surface area contributed by atoms with Gasteiger partial charge >= 0.3 is 0 Å². The summed E-state index contributed by atoms with van der Waals surface area (Å²) in [7, 11) is 0. The first kappa shape index (κ1) is 14.7. The molecule has 0 amide bonds. The molecule has 3 aromatic rings. The van der Waals surface area contributed by atoms with Crippen LogP contribution in [0.1, 0.15) is 29.8 Å². The van der Waals surface area contributed by atoms with Gasteiger partial charge in [0.15, 0.2) is 0 Å². The van der Waals surface area contributed by atoms with Crippen molar-refractivity contribution in [1.82, 2.24) is 5.32 Å². The van der Waals surface area contributed by atoms with E-state index in [1.165, 1.54) is 16.5 Å². The van der Waals surface area contributed by atoms with Crippen LogP contribution in [-0.4, -0.2) is 6.54 Å². The van der Waals surface area contributed by atoms with Crippen molar-refractivity contribution in [3.8, 4) is 0 Å². The molecule has 2 aromatic heterocycles. The first-order valence-corrected chi connectivity index (χ1v) is 8.95. The maximum absolute atomic E-state index is 13.3. The van der Waals surface area contributed by atoms with Gasteiger partial charge in [-0.25, -0.2) is 4.39 Å². The molecule has 1 unspecified atom stereocenters. The van der Waals surface area contributed by atoms with Gasteiger partial charge in [0.1, 0.15) is 5.82 Å². The lowest BCUT2D eigenvalue weighted by molar-refractivity contribution is 0.537. The third kappa shape index (κ3) is 3.51. The average molecular weight is 319 g/mol. The van der Waals surface area contributed by atoms with Crippen molar-refractivity contribution in [2.75, 3.05) is 6.54 Å². The molecule has 0 radical (unpaired) electrons. The van der Waals surface area contributed by atoms with E-state index in [0.717, 1.165) is 29.5 Å². The topological polar surface area (TPSA) is 12.0 Å². The monoisotopic (exact) mass is 319 g/mol. The van der Waals surface area contributed by atoms with E-state index in [4.69, 9.17) is 0 Å². The van der Waals surface area contributed by atoms with Crippen LogP contribution in [0.3, 0.4) is 0 Å². The van der Waals surface area contributed by atoms with Crippen molar-refractivity contribution in [3.05, 3.63) is 57.3 Å². The molecule has 1 nitrogen and oxygen atoms in total. The van der Waals surface area contributed by atoms with E-state index >= 15 is 0 Å². The molecule has 3 rings (SSSR count). The Bertz CT molecular complexity index is 703. The van der Waals surface area contributed by atoms with E-state index in [1.807, 2.05) is 6.07 Å².